The summed E-state index contributed by atoms with van der Waals surface area (Å²) in [5.74, 6) is 0. The zero-order valence-electron chi connectivity index (χ0n) is 7.77. The average molecular weight is 216 g/mol. The Hall–Kier alpha value is -1.93. The molecule has 0 radical (unpaired) electrons. The molecule has 2 aromatic rings. The number of nitrogens with zero attached hydrogens (tertiary/aromatic N) is 2. The number of hydrogen-bond donors (Lipinski definition) is 2. The van der Waals surface area contributed by atoms with Crippen molar-refractivity contribution in [3.8, 4) is 6.07 Å². The molecule has 0 amide bonds. The number of anilines is 1. The first kappa shape index (κ1) is 9.62. The van der Waals surface area contributed by atoms with Crippen molar-refractivity contribution in [1.29, 1.82) is 5.26 Å². The van der Waals surface area contributed by atoms with E-state index in [1.54, 1.807) is 24.5 Å². The molecule has 3 N–H and O–H groups in total. The third kappa shape index (κ3) is 2.11. The molecule has 0 bridgehead atoms. The number of hydrogen-bond acceptors (Lipinski definition) is 4. The van der Waals surface area contributed by atoms with Gasteiger partial charge in [-0.2, -0.15) is 5.26 Å². The van der Waals surface area contributed by atoms with Crippen LogP contribution in [0.15, 0.2) is 40.6 Å². The van der Waals surface area contributed by atoms with Crippen LogP contribution in [0.3, 0.4) is 0 Å². The fourth-order valence-corrected chi connectivity index (χ4v) is 1.88. The van der Waals surface area contributed by atoms with Crippen molar-refractivity contribution >= 4 is 17.4 Å². The summed E-state index contributed by atoms with van der Waals surface area (Å²) < 4.78 is 0. The summed E-state index contributed by atoms with van der Waals surface area (Å²) in [6, 6.07) is 7.26. The van der Waals surface area contributed by atoms with Gasteiger partial charge in [-0.05, 0) is 30.0 Å². The molecule has 15 heavy (non-hydrogen) atoms. The summed E-state index contributed by atoms with van der Waals surface area (Å²) in [6.07, 6.45) is 3.43. The van der Waals surface area contributed by atoms with Crippen LogP contribution in [-0.4, -0.2) is 9.97 Å². The summed E-state index contributed by atoms with van der Waals surface area (Å²) in [6.45, 7) is 0. The van der Waals surface area contributed by atoms with Gasteiger partial charge in [0.15, 0.2) is 5.16 Å². The molecule has 1 aromatic carbocycles. The Morgan fingerprint density at radius 3 is 2.93 bits per heavy atom. The second-order valence-electron chi connectivity index (χ2n) is 2.86. The van der Waals surface area contributed by atoms with Gasteiger partial charge in [-0.15, -0.1) is 0 Å². The molecule has 74 valence electrons. The van der Waals surface area contributed by atoms with Crippen LogP contribution in [0.4, 0.5) is 5.69 Å². The molecule has 1 heterocycles. The lowest BCUT2D eigenvalue weighted by atomic mass is 10.2. The highest BCUT2D eigenvalue weighted by atomic mass is 32.2. The smallest absolute Gasteiger partial charge is 0.170 e. The molecule has 0 atom stereocenters. The van der Waals surface area contributed by atoms with Gasteiger partial charge in [-0.3, -0.25) is 0 Å². The van der Waals surface area contributed by atoms with Crippen LogP contribution in [0.2, 0.25) is 0 Å². The second-order valence-corrected chi connectivity index (χ2v) is 3.89. The molecule has 0 spiro atoms. The fourth-order valence-electron chi connectivity index (χ4n) is 1.12. The highest BCUT2D eigenvalue weighted by molar-refractivity contribution is 7.99. The van der Waals surface area contributed by atoms with E-state index in [4.69, 9.17) is 11.0 Å². The number of nitriles is 1. The van der Waals surface area contributed by atoms with Gasteiger partial charge in [0.2, 0.25) is 0 Å². The number of nitrogens with two attached hydrogens (primary N) is 1. The van der Waals surface area contributed by atoms with Crippen molar-refractivity contribution in [2.45, 2.75) is 10.1 Å². The predicted molar refractivity (Wildman–Crippen MR) is 58.3 cm³/mol. The van der Waals surface area contributed by atoms with E-state index in [9.17, 15) is 0 Å². The summed E-state index contributed by atoms with van der Waals surface area (Å²) >= 11 is 1.44. The minimum atomic E-state index is 0.566. The Labute approximate surface area is 91.1 Å². The van der Waals surface area contributed by atoms with Crippen molar-refractivity contribution < 1.29 is 0 Å². The largest absolute Gasteiger partial charge is 0.398 e. The maximum absolute atomic E-state index is 8.68. The Kier molecular flexibility index (Phi) is 2.61. The van der Waals surface area contributed by atoms with E-state index >= 15 is 0 Å². The van der Waals surface area contributed by atoms with Crippen LogP contribution < -0.4 is 5.73 Å². The SMILES string of the molecule is N#Cc1ccc(Sc2ncc[nH]2)c(N)c1. The van der Waals surface area contributed by atoms with E-state index < -0.39 is 0 Å². The van der Waals surface area contributed by atoms with Gasteiger partial charge in [-0.25, -0.2) is 4.98 Å². The number of aromatic amines is 1. The number of aromatic nitrogens is 2. The van der Waals surface area contributed by atoms with E-state index in [1.807, 2.05) is 12.1 Å². The van der Waals surface area contributed by atoms with Crippen LogP contribution in [0.25, 0.3) is 0 Å². The molecule has 0 aliphatic heterocycles. The van der Waals surface area contributed by atoms with Gasteiger partial charge in [0.05, 0.1) is 11.6 Å². The minimum Gasteiger partial charge on any atom is -0.398 e. The Balaban J connectivity index is 2.27. The molecule has 0 saturated heterocycles. The topological polar surface area (TPSA) is 78.5 Å². The van der Waals surface area contributed by atoms with Crippen molar-refractivity contribution in [2.75, 3.05) is 5.73 Å². The number of H-pyrrole nitrogens is 1. The first-order chi connectivity index (χ1) is 7.29. The predicted octanol–water partition coefficient (Wildman–Crippen LogP) is 2.01. The summed E-state index contributed by atoms with van der Waals surface area (Å²) in [4.78, 5) is 7.95. The van der Waals surface area contributed by atoms with E-state index in [0.29, 0.717) is 11.3 Å². The van der Waals surface area contributed by atoms with Gasteiger partial charge in [0.1, 0.15) is 0 Å². The van der Waals surface area contributed by atoms with E-state index in [0.717, 1.165) is 10.1 Å². The van der Waals surface area contributed by atoms with Gasteiger partial charge in [0, 0.05) is 23.0 Å². The maximum atomic E-state index is 8.68. The quantitative estimate of drug-likeness (QED) is 0.753. The summed E-state index contributed by atoms with van der Waals surface area (Å²) in [5.41, 5.74) is 6.96. The maximum Gasteiger partial charge on any atom is 0.170 e. The summed E-state index contributed by atoms with van der Waals surface area (Å²) in [7, 11) is 0. The highest BCUT2D eigenvalue weighted by Crippen LogP contribution is 2.29. The molecule has 0 aliphatic carbocycles. The lowest BCUT2D eigenvalue weighted by molar-refractivity contribution is 1.06. The molecule has 5 heteroatoms. The monoisotopic (exact) mass is 216 g/mol. The van der Waals surface area contributed by atoms with Gasteiger partial charge in [0.25, 0.3) is 0 Å². The lowest BCUT2D eigenvalue weighted by Crippen LogP contribution is -1.89. The second kappa shape index (κ2) is 4.07. The normalized spacial score (nSPS) is 9.80. The standard InChI is InChI=1S/C10H8N4S/c11-6-7-1-2-9(8(12)5-7)15-10-13-3-4-14-10/h1-5H,12H2,(H,13,14). The first-order valence-corrected chi connectivity index (χ1v) is 5.08. The Morgan fingerprint density at radius 1 is 1.47 bits per heavy atom. The molecule has 0 fully saturated rings. The van der Waals surface area contributed by atoms with Crippen LogP contribution in [0, 0.1) is 11.3 Å². The van der Waals surface area contributed by atoms with E-state index in [2.05, 4.69) is 9.97 Å². The minimum absolute atomic E-state index is 0.566. The van der Waals surface area contributed by atoms with Crippen LogP contribution in [-0.2, 0) is 0 Å². The third-order valence-corrected chi connectivity index (χ3v) is 2.83. The van der Waals surface area contributed by atoms with E-state index in [1.165, 1.54) is 11.8 Å². The van der Waals surface area contributed by atoms with Crippen LogP contribution in [0.1, 0.15) is 5.56 Å². The van der Waals surface area contributed by atoms with Crippen molar-refractivity contribution in [3.05, 3.63) is 36.2 Å². The zero-order valence-corrected chi connectivity index (χ0v) is 8.58. The first-order valence-electron chi connectivity index (χ1n) is 4.26. The molecule has 0 saturated carbocycles. The molecule has 1 aromatic heterocycles. The van der Waals surface area contributed by atoms with Gasteiger partial charge in [-0.1, -0.05) is 0 Å². The highest BCUT2D eigenvalue weighted by Gasteiger charge is 2.04. The van der Waals surface area contributed by atoms with Crippen LogP contribution in [0.5, 0.6) is 0 Å². The number of benzene rings is 1. The lowest BCUT2D eigenvalue weighted by Gasteiger charge is -2.02. The Morgan fingerprint density at radius 2 is 2.33 bits per heavy atom. The zero-order chi connectivity index (χ0) is 10.7. The molecule has 2 rings (SSSR count). The van der Waals surface area contributed by atoms with Gasteiger partial charge >= 0.3 is 0 Å². The molecular weight excluding hydrogens is 208 g/mol. The van der Waals surface area contributed by atoms with Crippen LogP contribution >= 0.6 is 11.8 Å². The Bertz CT molecular complexity index is 499. The van der Waals surface area contributed by atoms with Gasteiger partial charge < -0.3 is 10.7 Å². The molecule has 0 aliphatic rings. The number of nitrogens with one attached hydrogen (secondary N) is 1. The average Bonchev–Trinajstić information content (AvgIpc) is 2.74. The van der Waals surface area contributed by atoms with E-state index in [-0.39, 0.29) is 0 Å². The van der Waals surface area contributed by atoms with Crippen molar-refractivity contribution in [2.24, 2.45) is 0 Å². The van der Waals surface area contributed by atoms with Crippen molar-refractivity contribution in [3.63, 3.8) is 0 Å². The third-order valence-electron chi connectivity index (χ3n) is 1.82. The molecular formula is C10H8N4S. The fraction of sp³-hybridized carbons (Fsp3) is 0. The molecule has 4 nitrogen and oxygen atoms in total. The number of nitrogen functional groups attached to an aromatic ring is 1. The molecule has 0 unspecified atom stereocenters. The number of imidazole rings is 1. The number of rotatable bonds is 2. The summed E-state index contributed by atoms with van der Waals surface area (Å²) in [5, 5.41) is 9.46. The van der Waals surface area contributed by atoms with Crippen molar-refractivity contribution in [1.82, 2.24) is 9.97 Å².